The lowest BCUT2D eigenvalue weighted by molar-refractivity contribution is -0.769. The molecule has 2 heterocycles. The van der Waals surface area contributed by atoms with Gasteiger partial charge in [0.05, 0.1) is 0 Å². The van der Waals surface area contributed by atoms with Crippen molar-refractivity contribution in [3.8, 4) is 0 Å². The zero-order valence-electron chi connectivity index (χ0n) is 14.2. The summed E-state index contributed by atoms with van der Waals surface area (Å²) in [4.78, 5) is 0. The Labute approximate surface area is 143 Å². The van der Waals surface area contributed by atoms with Crippen molar-refractivity contribution in [1.82, 2.24) is 10.5 Å². The summed E-state index contributed by atoms with van der Waals surface area (Å²) < 4.78 is 13.4. The zero-order chi connectivity index (χ0) is 18.1. The molecule has 25 heavy (non-hydrogen) atoms. The molecule has 0 fully saturated rings. The van der Waals surface area contributed by atoms with Crippen molar-refractivity contribution in [3.63, 3.8) is 0 Å². The summed E-state index contributed by atoms with van der Waals surface area (Å²) in [5.74, 6) is 0.212. The molecule has 0 aliphatic rings. The minimum absolute atomic E-state index is 0.106. The molecule has 12 nitrogen and oxygen atoms in total. The lowest BCUT2D eigenvalue weighted by Crippen LogP contribution is -2.40. The van der Waals surface area contributed by atoms with E-state index in [4.69, 9.17) is 9.05 Å². The van der Waals surface area contributed by atoms with Gasteiger partial charge in [-0.05, 0) is 15.8 Å². The van der Waals surface area contributed by atoms with Gasteiger partial charge in [-0.3, -0.25) is 9.05 Å². The van der Waals surface area contributed by atoms with Gasteiger partial charge in [0, 0.05) is 25.7 Å². The second-order valence-electron chi connectivity index (χ2n) is 5.31. The summed E-state index contributed by atoms with van der Waals surface area (Å²) in [5, 5.41) is 40.4. The third kappa shape index (κ3) is 4.55. The first-order chi connectivity index (χ1) is 12.2. The molecule has 0 saturated carbocycles. The van der Waals surface area contributed by atoms with Crippen LogP contribution in [-0.2, 0) is 25.9 Å². The van der Waals surface area contributed by atoms with Crippen LogP contribution in [0, 0.1) is 10.4 Å². The second-order valence-corrected chi connectivity index (χ2v) is 5.31. The van der Waals surface area contributed by atoms with Gasteiger partial charge < -0.3 is 10.4 Å². The van der Waals surface area contributed by atoms with Crippen LogP contribution in [0.15, 0.2) is 29.8 Å². The third-order valence-electron chi connectivity index (χ3n) is 3.53. The first-order valence-corrected chi connectivity index (χ1v) is 8.09. The summed E-state index contributed by atoms with van der Waals surface area (Å²) in [7, 11) is 0. The number of aromatic nitrogens is 4. The first kappa shape index (κ1) is 18.4. The highest BCUT2D eigenvalue weighted by Gasteiger charge is 2.27. The molecule has 12 heteroatoms. The average Bonchev–Trinajstić information content (AvgIpc) is 3.15. The SMILES string of the molecule is CCC[n+]1noc(/N=N/[O-])c1CCCc1c(/N=N/[O-])on[n+]1CCC. The van der Waals surface area contributed by atoms with E-state index >= 15 is 0 Å². The van der Waals surface area contributed by atoms with Gasteiger partial charge >= 0.3 is 11.8 Å². The van der Waals surface area contributed by atoms with E-state index in [2.05, 4.69) is 31.3 Å². The molecular formula is C13H20N8O4. The van der Waals surface area contributed by atoms with Crippen LogP contribution in [0.5, 0.6) is 0 Å². The molecule has 0 radical (unpaired) electrons. The normalized spacial score (nSPS) is 11.9. The molecule has 0 unspecified atom stereocenters. The standard InChI is InChI=1S/C13H20N8O4/c1-3-8-20-10(12(14-16-22)24-18-20)6-5-7-11-13(15-17-23)25-19-21(11)9-4-2/h3-9H2,1-2H3. The molecule has 0 amide bonds. The van der Waals surface area contributed by atoms with Crippen molar-refractivity contribution >= 4 is 11.8 Å². The molecular weight excluding hydrogens is 332 g/mol. The number of rotatable bonds is 10. The van der Waals surface area contributed by atoms with Gasteiger partial charge in [0.25, 0.3) is 11.4 Å². The Kier molecular flexibility index (Phi) is 6.92. The maximum atomic E-state index is 10.4. The van der Waals surface area contributed by atoms with E-state index in [0.717, 1.165) is 12.8 Å². The monoisotopic (exact) mass is 352 g/mol. The molecule has 0 aromatic carbocycles. The van der Waals surface area contributed by atoms with Crippen molar-refractivity contribution in [1.29, 1.82) is 0 Å². The Balaban J connectivity index is 2.12. The summed E-state index contributed by atoms with van der Waals surface area (Å²) >= 11 is 0. The molecule has 0 N–H and O–H groups in total. The fourth-order valence-corrected chi connectivity index (χ4v) is 2.50. The number of nitrogens with zero attached hydrogens (tertiary/aromatic N) is 8. The van der Waals surface area contributed by atoms with Crippen LogP contribution in [0.1, 0.15) is 44.5 Å². The fraction of sp³-hybridized carbons (Fsp3) is 0.692. The number of aryl methyl sites for hydroxylation is 2. The Morgan fingerprint density at radius 1 is 0.840 bits per heavy atom. The molecule has 136 valence electrons. The summed E-state index contributed by atoms with van der Waals surface area (Å²) in [6.45, 7) is 5.30. The Bertz CT molecular complexity index is 663. The van der Waals surface area contributed by atoms with Crippen LogP contribution in [0.2, 0.25) is 0 Å². The lowest BCUT2D eigenvalue weighted by Gasteiger charge is -1.96. The van der Waals surface area contributed by atoms with Gasteiger partial charge in [0.1, 0.15) is 0 Å². The number of hydrogen-bond donors (Lipinski definition) is 0. The summed E-state index contributed by atoms with van der Waals surface area (Å²) in [5.41, 5.74) is 1.37. The van der Waals surface area contributed by atoms with Gasteiger partial charge in [0.2, 0.25) is 10.5 Å². The molecule has 0 atom stereocenters. The molecule has 0 saturated heterocycles. The smallest absolute Gasteiger partial charge is 0.342 e. The fourth-order valence-electron chi connectivity index (χ4n) is 2.50. The Morgan fingerprint density at radius 3 is 1.64 bits per heavy atom. The van der Waals surface area contributed by atoms with Crippen LogP contribution in [0.4, 0.5) is 11.8 Å². The van der Waals surface area contributed by atoms with E-state index < -0.39 is 0 Å². The van der Waals surface area contributed by atoms with Crippen LogP contribution >= 0.6 is 0 Å². The minimum Gasteiger partial charge on any atom is -0.775 e. The molecule has 0 aliphatic carbocycles. The highest BCUT2D eigenvalue weighted by atomic mass is 16.5. The van der Waals surface area contributed by atoms with E-state index in [1.807, 2.05) is 13.8 Å². The first-order valence-electron chi connectivity index (χ1n) is 8.09. The van der Waals surface area contributed by atoms with E-state index in [1.54, 1.807) is 9.36 Å². The van der Waals surface area contributed by atoms with Gasteiger partial charge in [-0.1, -0.05) is 13.8 Å². The van der Waals surface area contributed by atoms with Crippen molar-refractivity contribution in [2.75, 3.05) is 0 Å². The van der Waals surface area contributed by atoms with E-state index in [9.17, 15) is 10.4 Å². The van der Waals surface area contributed by atoms with E-state index in [-0.39, 0.29) is 11.8 Å². The Morgan fingerprint density at radius 2 is 1.28 bits per heavy atom. The highest BCUT2D eigenvalue weighted by Crippen LogP contribution is 2.20. The Hall–Kier alpha value is -2.92. The average molecular weight is 352 g/mol. The largest absolute Gasteiger partial charge is 0.775 e. The quantitative estimate of drug-likeness (QED) is 0.363. The van der Waals surface area contributed by atoms with Crippen molar-refractivity contribution in [2.24, 2.45) is 20.8 Å². The van der Waals surface area contributed by atoms with Crippen molar-refractivity contribution in [2.45, 2.75) is 59.0 Å². The highest BCUT2D eigenvalue weighted by molar-refractivity contribution is 5.25. The maximum Gasteiger partial charge on any atom is 0.342 e. The third-order valence-corrected chi connectivity index (χ3v) is 3.53. The van der Waals surface area contributed by atoms with E-state index in [0.29, 0.717) is 43.7 Å². The number of hydrogen-bond acceptors (Lipinski definition) is 10. The molecule has 0 bridgehead atoms. The van der Waals surface area contributed by atoms with Gasteiger partial charge in [-0.25, -0.2) is 10.6 Å². The van der Waals surface area contributed by atoms with Crippen molar-refractivity contribution in [3.05, 3.63) is 21.8 Å². The van der Waals surface area contributed by atoms with Crippen LogP contribution < -0.4 is 9.36 Å². The molecule has 0 aliphatic heterocycles. The molecule has 0 spiro atoms. The zero-order valence-corrected chi connectivity index (χ0v) is 14.2. The van der Waals surface area contributed by atoms with Crippen LogP contribution in [0.25, 0.3) is 0 Å². The maximum absolute atomic E-state index is 10.4. The summed E-state index contributed by atoms with van der Waals surface area (Å²) in [6, 6.07) is 0. The van der Waals surface area contributed by atoms with Crippen LogP contribution in [-0.4, -0.2) is 10.5 Å². The van der Waals surface area contributed by atoms with Gasteiger partial charge in [-0.15, -0.1) is 10.2 Å². The predicted molar refractivity (Wildman–Crippen MR) is 81.8 cm³/mol. The molecule has 2 aromatic heterocycles. The lowest BCUT2D eigenvalue weighted by atomic mass is 10.1. The van der Waals surface area contributed by atoms with Crippen molar-refractivity contribution < 1.29 is 18.4 Å². The predicted octanol–water partition coefficient (Wildman–Crippen LogP) is 2.40. The van der Waals surface area contributed by atoms with E-state index in [1.165, 1.54) is 0 Å². The van der Waals surface area contributed by atoms with Crippen LogP contribution in [0.3, 0.4) is 0 Å². The second kappa shape index (κ2) is 9.39. The van der Waals surface area contributed by atoms with Gasteiger partial charge in [0.15, 0.2) is 13.1 Å². The minimum atomic E-state index is 0.106. The molecule has 2 rings (SSSR count). The molecule has 2 aromatic rings. The topological polar surface area (TPSA) is 155 Å². The summed E-state index contributed by atoms with van der Waals surface area (Å²) in [6.07, 6.45) is 3.45. The van der Waals surface area contributed by atoms with Gasteiger partial charge in [-0.2, -0.15) is 0 Å².